The Balaban J connectivity index is 3.05. The van der Waals surface area contributed by atoms with Crippen molar-refractivity contribution >= 4 is 4.76 Å². The molecule has 0 spiro atoms. The van der Waals surface area contributed by atoms with Crippen molar-refractivity contribution in [3.63, 3.8) is 0 Å². The average molecular weight is 128 g/mol. The molecule has 34 valence electrons. The van der Waals surface area contributed by atoms with E-state index in [2.05, 4.69) is 36.4 Å². The fraction of sp³-hybridized carbons (Fsp3) is 0. The number of aromatic amines is 1. The number of hydrogen-bond donors (Lipinski definition) is 1. The Bertz CT molecular complexity index is 111. The summed E-state index contributed by atoms with van der Waals surface area (Å²) < 4.78 is 0.433. The second kappa shape index (κ2) is 1.35. The summed E-state index contributed by atoms with van der Waals surface area (Å²) in [7, 11) is 0. The van der Waals surface area contributed by atoms with Crippen molar-refractivity contribution in [2.24, 2.45) is 0 Å². The van der Waals surface area contributed by atoms with Gasteiger partial charge in [0.2, 0.25) is 0 Å². The van der Waals surface area contributed by atoms with Crippen LogP contribution in [0, 0.1) is 0 Å². The third-order valence-electron chi connectivity index (χ3n) is 0.310. The third-order valence-corrected chi connectivity index (χ3v) is 0.531. The maximum absolute atomic E-state index is 3.79. The first-order valence-electron chi connectivity index (χ1n) is 1.26. The van der Waals surface area contributed by atoms with Gasteiger partial charge in [0.15, 0.2) is 0 Å². The van der Waals surface area contributed by atoms with Crippen molar-refractivity contribution in [3.05, 3.63) is 0 Å². The molecule has 0 saturated carbocycles. The summed E-state index contributed by atoms with van der Waals surface area (Å²) in [5.74, 6) is 0. The molecular weight excluding hydrogens is 127 g/mol. The van der Waals surface area contributed by atoms with Gasteiger partial charge in [0, 0.05) is 0 Å². The Morgan fingerprint density at radius 2 is 2.50 bits per heavy atom. The van der Waals surface area contributed by atoms with E-state index in [1.165, 1.54) is 0 Å². The van der Waals surface area contributed by atoms with E-state index < -0.39 is 0 Å². The average Bonchev–Trinajstić information content (AvgIpc) is 1.86. The van der Waals surface area contributed by atoms with E-state index in [0.717, 1.165) is 0 Å². The summed E-state index contributed by atoms with van der Waals surface area (Å²) in [6, 6.07) is 0. The quantitative estimate of drug-likeness (QED) is 0.456. The van der Waals surface area contributed by atoms with Crippen LogP contribution in [-0.2, 0) is 15.7 Å². The Kier molecular flexibility index (Phi) is 0.847. The standard InChI is InChI=1S/CHN4.Co/c1-2-4-5-3-1;/h(H,2,3,4,5);. The van der Waals surface area contributed by atoms with E-state index in [-0.39, 0.29) is 0 Å². The van der Waals surface area contributed by atoms with Gasteiger partial charge in [-0.3, -0.25) is 0 Å². The van der Waals surface area contributed by atoms with Crippen molar-refractivity contribution in [3.8, 4) is 0 Å². The molecule has 0 aliphatic rings. The summed E-state index contributed by atoms with van der Waals surface area (Å²) in [4.78, 5) is 0. The van der Waals surface area contributed by atoms with Gasteiger partial charge in [0.1, 0.15) is 0 Å². The number of nitrogens with one attached hydrogen (secondary N) is 1. The third kappa shape index (κ3) is 0.549. The molecule has 1 aromatic heterocycles. The molecule has 0 saturated heterocycles. The molecule has 5 heteroatoms. The van der Waals surface area contributed by atoms with Crippen molar-refractivity contribution in [1.82, 2.24) is 20.6 Å². The first-order chi connectivity index (χ1) is 2.89. The molecule has 0 amide bonds. The molecule has 1 heterocycles. The SMILES string of the molecule is [Co][c]1nnn[nH]1. The van der Waals surface area contributed by atoms with Crippen LogP contribution in [-0.4, -0.2) is 20.6 Å². The molecule has 0 bridgehead atoms. The molecule has 1 N–H and O–H groups in total. The van der Waals surface area contributed by atoms with E-state index in [0.29, 0.717) is 4.76 Å². The van der Waals surface area contributed by atoms with Crippen LogP contribution >= 0.6 is 0 Å². The fourth-order valence-corrected chi connectivity index (χ4v) is 0.242. The molecule has 0 aromatic carbocycles. The van der Waals surface area contributed by atoms with Crippen LogP contribution in [0.3, 0.4) is 0 Å². The number of H-pyrrole nitrogens is 1. The zero-order chi connectivity index (χ0) is 4.41. The molecule has 0 fully saturated rings. The van der Waals surface area contributed by atoms with Crippen LogP contribution in [0.1, 0.15) is 0 Å². The van der Waals surface area contributed by atoms with Gasteiger partial charge < -0.3 is 0 Å². The Morgan fingerprint density at radius 3 is 2.67 bits per heavy atom. The van der Waals surface area contributed by atoms with Crippen LogP contribution in [0.4, 0.5) is 0 Å². The Labute approximate surface area is 41.9 Å². The van der Waals surface area contributed by atoms with Crippen LogP contribution in [0.5, 0.6) is 0 Å². The summed E-state index contributed by atoms with van der Waals surface area (Å²) in [5, 5.41) is 12.2. The molecule has 0 aliphatic carbocycles. The molecule has 6 heavy (non-hydrogen) atoms. The van der Waals surface area contributed by atoms with Crippen molar-refractivity contribution in [2.45, 2.75) is 0 Å². The van der Waals surface area contributed by atoms with E-state index >= 15 is 0 Å². The topological polar surface area (TPSA) is 54.5 Å². The zero-order valence-corrected chi connectivity index (χ0v) is 3.72. The summed E-state index contributed by atoms with van der Waals surface area (Å²) in [6.07, 6.45) is 0. The minimum atomic E-state index is 0.433. The number of hydrogen-bond acceptors (Lipinski definition) is 3. The number of nitrogens with zero attached hydrogens (tertiary/aromatic N) is 3. The van der Waals surface area contributed by atoms with Crippen LogP contribution in [0.25, 0.3) is 0 Å². The predicted octanol–water partition coefficient (Wildman–Crippen LogP) is -1.63. The molecule has 0 atom stereocenters. The molecule has 4 nitrogen and oxygen atoms in total. The van der Waals surface area contributed by atoms with Crippen molar-refractivity contribution in [1.29, 1.82) is 0 Å². The second-order valence-electron chi connectivity index (χ2n) is 0.671. The summed E-state index contributed by atoms with van der Waals surface area (Å²) >= 11 is 3.79. The molecule has 0 aliphatic heterocycles. The van der Waals surface area contributed by atoms with Crippen molar-refractivity contribution < 1.29 is 15.7 Å². The number of tetrazole rings is 1. The van der Waals surface area contributed by atoms with E-state index in [4.69, 9.17) is 0 Å². The predicted molar refractivity (Wildman–Crippen MR) is 13.8 cm³/mol. The van der Waals surface area contributed by atoms with E-state index in [9.17, 15) is 0 Å². The van der Waals surface area contributed by atoms with Crippen LogP contribution in [0.2, 0.25) is 0 Å². The Morgan fingerprint density at radius 1 is 1.67 bits per heavy atom. The van der Waals surface area contributed by atoms with Gasteiger partial charge in [-0.05, 0) is 0 Å². The summed E-state index contributed by atoms with van der Waals surface area (Å²) in [6.45, 7) is 0. The molecule has 0 unspecified atom stereocenters. The Hall–Kier alpha value is -0.424. The molecule has 1 aromatic rings. The second-order valence-corrected chi connectivity index (χ2v) is 1.16. The zero-order valence-electron chi connectivity index (χ0n) is 2.67. The first kappa shape index (κ1) is 3.76. The first-order valence-corrected chi connectivity index (χ1v) is 1.78. The van der Waals surface area contributed by atoms with E-state index in [1.54, 1.807) is 0 Å². The van der Waals surface area contributed by atoms with Gasteiger partial charge >= 0.3 is 41.1 Å². The van der Waals surface area contributed by atoms with E-state index in [1.807, 2.05) is 0 Å². The van der Waals surface area contributed by atoms with Crippen LogP contribution in [0.15, 0.2) is 0 Å². The van der Waals surface area contributed by atoms with Crippen LogP contribution < -0.4 is 4.76 Å². The number of aromatic nitrogens is 4. The maximum atomic E-state index is 3.79. The monoisotopic (exact) mass is 128 g/mol. The minimum absolute atomic E-state index is 0.433. The van der Waals surface area contributed by atoms with Gasteiger partial charge in [0.25, 0.3) is 0 Å². The fourth-order valence-electron chi connectivity index (χ4n) is 0.143. The normalized spacial score (nSPS) is 9.00. The van der Waals surface area contributed by atoms with Gasteiger partial charge in [-0.1, -0.05) is 0 Å². The molecular formula is CHCoN4. The van der Waals surface area contributed by atoms with Gasteiger partial charge in [0.05, 0.1) is 0 Å². The van der Waals surface area contributed by atoms with Gasteiger partial charge in [-0.2, -0.15) is 0 Å². The molecule has 0 radical (unpaired) electrons. The van der Waals surface area contributed by atoms with Crippen molar-refractivity contribution in [2.75, 3.05) is 0 Å². The van der Waals surface area contributed by atoms with Gasteiger partial charge in [-0.25, -0.2) is 0 Å². The summed E-state index contributed by atoms with van der Waals surface area (Å²) in [5.41, 5.74) is 0. The van der Waals surface area contributed by atoms with Gasteiger partial charge in [-0.15, -0.1) is 0 Å². The number of rotatable bonds is 0. The molecule has 1 rings (SSSR count).